The lowest BCUT2D eigenvalue weighted by atomic mass is 9.84. The van der Waals surface area contributed by atoms with Crippen molar-refractivity contribution in [3.63, 3.8) is 0 Å². The highest BCUT2D eigenvalue weighted by Gasteiger charge is 2.48. The number of aliphatic hydroxyl groups is 1. The molecule has 0 spiro atoms. The Labute approximate surface area is 102 Å². The minimum Gasteiger partial charge on any atom is -0.392 e. The van der Waals surface area contributed by atoms with Crippen LogP contribution in [0.2, 0.25) is 0 Å². The highest BCUT2D eigenvalue weighted by molar-refractivity contribution is 5.18. The maximum absolute atomic E-state index is 10.5. The predicted octanol–water partition coefficient (Wildman–Crippen LogP) is 1.53. The molecule has 0 bridgehead atoms. The van der Waals surface area contributed by atoms with Crippen LogP contribution in [-0.4, -0.2) is 22.7 Å². The van der Waals surface area contributed by atoms with Gasteiger partial charge in [0.1, 0.15) is 0 Å². The van der Waals surface area contributed by atoms with E-state index < -0.39 is 0 Å². The molecule has 2 aliphatic rings. The van der Waals surface area contributed by atoms with Gasteiger partial charge in [-0.05, 0) is 48.6 Å². The van der Waals surface area contributed by atoms with Gasteiger partial charge in [0.2, 0.25) is 0 Å². The molecular weight excluding hydrogens is 212 g/mol. The maximum atomic E-state index is 10.5. The number of fused-ring (bicyclic) bond motifs is 1. The van der Waals surface area contributed by atoms with E-state index in [1.165, 1.54) is 19.3 Å². The van der Waals surface area contributed by atoms with Crippen molar-refractivity contribution in [1.29, 1.82) is 0 Å². The maximum Gasteiger partial charge on any atom is 0.0649 e. The van der Waals surface area contributed by atoms with Gasteiger partial charge in [-0.2, -0.15) is 0 Å². The topological polar surface area (TPSA) is 59.1 Å². The Kier molecular flexibility index (Phi) is 2.89. The van der Waals surface area contributed by atoms with E-state index in [-0.39, 0.29) is 12.0 Å². The summed E-state index contributed by atoms with van der Waals surface area (Å²) in [4.78, 5) is 4.12. The Hall–Kier alpha value is -0.930. The fraction of sp³-hybridized carbons (Fsp3) is 0.643. The summed E-state index contributed by atoms with van der Waals surface area (Å²) in [7, 11) is 0. The van der Waals surface area contributed by atoms with E-state index in [0.29, 0.717) is 12.5 Å². The van der Waals surface area contributed by atoms with Gasteiger partial charge < -0.3 is 10.8 Å². The molecule has 1 heterocycles. The van der Waals surface area contributed by atoms with Gasteiger partial charge in [0.05, 0.1) is 6.10 Å². The molecule has 92 valence electrons. The highest BCUT2D eigenvalue weighted by Crippen LogP contribution is 2.56. The summed E-state index contributed by atoms with van der Waals surface area (Å²) in [6, 6.07) is 3.93. The van der Waals surface area contributed by atoms with Crippen molar-refractivity contribution in [3.05, 3.63) is 30.1 Å². The van der Waals surface area contributed by atoms with Crippen LogP contribution in [0.5, 0.6) is 0 Å². The number of aliphatic hydroxyl groups excluding tert-OH is 1. The van der Waals surface area contributed by atoms with Crippen LogP contribution in [0.25, 0.3) is 0 Å². The monoisotopic (exact) mass is 232 g/mol. The first kappa shape index (κ1) is 11.2. The first-order chi connectivity index (χ1) is 8.29. The number of rotatable bonds is 4. The fourth-order valence-corrected chi connectivity index (χ4v) is 3.44. The van der Waals surface area contributed by atoms with Crippen molar-refractivity contribution in [3.8, 4) is 0 Å². The summed E-state index contributed by atoms with van der Waals surface area (Å²) >= 11 is 0. The molecule has 1 aromatic rings. The molecule has 4 atom stereocenters. The molecule has 17 heavy (non-hydrogen) atoms. The van der Waals surface area contributed by atoms with Gasteiger partial charge in [0.25, 0.3) is 0 Å². The number of hydrogen-bond acceptors (Lipinski definition) is 3. The zero-order chi connectivity index (χ0) is 11.8. The molecule has 3 heteroatoms. The molecule has 0 amide bonds. The van der Waals surface area contributed by atoms with Gasteiger partial charge in [-0.1, -0.05) is 6.07 Å². The van der Waals surface area contributed by atoms with Crippen molar-refractivity contribution in [1.82, 2.24) is 4.98 Å². The molecule has 3 N–H and O–H groups in total. The van der Waals surface area contributed by atoms with Crippen LogP contribution in [0.15, 0.2) is 24.5 Å². The standard InChI is InChI=1S/C14H20N2O/c15-7-13(9-2-1-3-16-8-9)14(17)12-5-10-4-11(10)6-12/h1-3,8,10-14,17H,4-7,15H2. The van der Waals surface area contributed by atoms with Crippen LogP contribution in [-0.2, 0) is 0 Å². The van der Waals surface area contributed by atoms with Gasteiger partial charge in [-0.15, -0.1) is 0 Å². The van der Waals surface area contributed by atoms with Crippen molar-refractivity contribution >= 4 is 0 Å². The third-order valence-corrected chi connectivity index (χ3v) is 4.54. The van der Waals surface area contributed by atoms with Crippen LogP contribution < -0.4 is 5.73 Å². The molecule has 3 nitrogen and oxygen atoms in total. The van der Waals surface area contributed by atoms with Crippen molar-refractivity contribution in [2.24, 2.45) is 23.5 Å². The van der Waals surface area contributed by atoms with Crippen LogP contribution in [0.1, 0.15) is 30.7 Å². The third kappa shape index (κ3) is 2.09. The van der Waals surface area contributed by atoms with Crippen LogP contribution in [0, 0.1) is 17.8 Å². The summed E-state index contributed by atoms with van der Waals surface area (Å²) < 4.78 is 0. The van der Waals surface area contributed by atoms with E-state index in [1.54, 1.807) is 6.20 Å². The van der Waals surface area contributed by atoms with Crippen LogP contribution in [0.4, 0.5) is 0 Å². The highest BCUT2D eigenvalue weighted by atomic mass is 16.3. The molecule has 0 radical (unpaired) electrons. The first-order valence-corrected chi connectivity index (χ1v) is 6.57. The van der Waals surface area contributed by atoms with E-state index in [0.717, 1.165) is 17.4 Å². The van der Waals surface area contributed by atoms with Gasteiger partial charge in [0, 0.05) is 24.9 Å². The van der Waals surface area contributed by atoms with E-state index >= 15 is 0 Å². The van der Waals surface area contributed by atoms with Crippen LogP contribution in [0.3, 0.4) is 0 Å². The average molecular weight is 232 g/mol. The number of nitrogens with zero attached hydrogens (tertiary/aromatic N) is 1. The smallest absolute Gasteiger partial charge is 0.0649 e. The zero-order valence-electron chi connectivity index (χ0n) is 10.00. The van der Waals surface area contributed by atoms with Gasteiger partial charge in [-0.3, -0.25) is 4.98 Å². The molecule has 4 unspecified atom stereocenters. The molecule has 2 fully saturated rings. The summed E-state index contributed by atoms with van der Waals surface area (Å²) in [5.74, 6) is 2.31. The van der Waals surface area contributed by atoms with Crippen molar-refractivity contribution in [2.75, 3.05) is 6.54 Å². The molecule has 2 saturated carbocycles. The Morgan fingerprint density at radius 2 is 2.12 bits per heavy atom. The summed E-state index contributed by atoms with van der Waals surface area (Å²) in [6.07, 6.45) is 7.08. The molecule has 3 rings (SSSR count). The molecule has 0 aliphatic heterocycles. The Morgan fingerprint density at radius 3 is 2.71 bits per heavy atom. The average Bonchev–Trinajstić information content (AvgIpc) is 2.98. The summed E-state index contributed by atoms with van der Waals surface area (Å²) in [5.41, 5.74) is 6.90. The normalized spacial score (nSPS) is 34.1. The van der Waals surface area contributed by atoms with Crippen molar-refractivity contribution < 1.29 is 5.11 Å². The van der Waals surface area contributed by atoms with Gasteiger partial charge >= 0.3 is 0 Å². The second-order valence-electron chi connectivity index (χ2n) is 5.61. The van der Waals surface area contributed by atoms with E-state index in [4.69, 9.17) is 5.73 Å². The van der Waals surface area contributed by atoms with Gasteiger partial charge in [-0.25, -0.2) is 0 Å². The zero-order valence-corrected chi connectivity index (χ0v) is 10.00. The van der Waals surface area contributed by atoms with E-state index in [1.807, 2.05) is 18.3 Å². The molecule has 0 saturated heterocycles. The predicted molar refractivity (Wildman–Crippen MR) is 66.4 cm³/mol. The van der Waals surface area contributed by atoms with Gasteiger partial charge in [0.15, 0.2) is 0 Å². The van der Waals surface area contributed by atoms with Crippen molar-refractivity contribution in [2.45, 2.75) is 31.3 Å². The number of nitrogens with two attached hydrogens (primary N) is 1. The first-order valence-electron chi connectivity index (χ1n) is 6.57. The summed E-state index contributed by atoms with van der Waals surface area (Å²) in [5, 5.41) is 10.5. The lowest BCUT2D eigenvalue weighted by Crippen LogP contribution is -2.32. The summed E-state index contributed by atoms with van der Waals surface area (Å²) in [6.45, 7) is 0.499. The SMILES string of the molecule is NCC(c1cccnc1)C(O)C1CC2CC2C1. The molecular formula is C14H20N2O. The minimum absolute atomic E-state index is 0.0474. The minimum atomic E-state index is -0.294. The second kappa shape index (κ2) is 4.39. The number of aromatic nitrogens is 1. The fourth-order valence-electron chi connectivity index (χ4n) is 3.44. The lowest BCUT2D eigenvalue weighted by Gasteiger charge is -2.27. The molecule has 2 aliphatic carbocycles. The molecule has 0 aromatic carbocycles. The Morgan fingerprint density at radius 1 is 1.35 bits per heavy atom. The largest absolute Gasteiger partial charge is 0.392 e. The van der Waals surface area contributed by atoms with E-state index in [9.17, 15) is 5.11 Å². The number of hydrogen-bond donors (Lipinski definition) is 2. The Bertz CT molecular complexity index is 371. The second-order valence-corrected chi connectivity index (χ2v) is 5.61. The molecule has 1 aromatic heterocycles. The number of pyridine rings is 1. The van der Waals surface area contributed by atoms with E-state index in [2.05, 4.69) is 4.98 Å². The Balaban J connectivity index is 1.72. The lowest BCUT2D eigenvalue weighted by molar-refractivity contribution is 0.0789. The third-order valence-electron chi connectivity index (χ3n) is 4.54. The van der Waals surface area contributed by atoms with Crippen LogP contribution >= 0.6 is 0 Å². The quantitative estimate of drug-likeness (QED) is 0.827.